The lowest BCUT2D eigenvalue weighted by Crippen LogP contribution is -1.88. The average Bonchev–Trinajstić information content (AvgIpc) is 2.35. The number of hydrogen-bond donors (Lipinski definition) is 0. The minimum atomic E-state index is 0.517. The first kappa shape index (κ1) is 9.04. The van der Waals surface area contributed by atoms with E-state index in [9.17, 15) is 4.79 Å². The first-order valence-electron chi connectivity index (χ1n) is 5.05. The molecule has 0 saturated heterocycles. The van der Waals surface area contributed by atoms with Crippen LogP contribution in [0.15, 0.2) is 48.5 Å². The maximum Gasteiger partial charge on any atom is 0.235 e. The molecule has 0 saturated carbocycles. The fourth-order valence-corrected chi connectivity index (χ4v) is 1.88. The number of pyridine rings is 1. The molecule has 16 heavy (non-hydrogen) atoms. The zero-order chi connectivity index (χ0) is 11.0. The average molecular weight is 206 g/mol. The van der Waals surface area contributed by atoms with Crippen LogP contribution in [0.25, 0.3) is 21.8 Å². The standard InChI is InChI=1S/C14H8NO/c16-9-12-6-3-5-11-8-10-4-1-2-7-13(10)15-14(11)12/h1-8H. The summed E-state index contributed by atoms with van der Waals surface area (Å²) < 4.78 is 0. The monoisotopic (exact) mass is 206 g/mol. The van der Waals surface area contributed by atoms with E-state index in [4.69, 9.17) is 0 Å². The highest BCUT2D eigenvalue weighted by molar-refractivity contribution is 6.00. The number of hydrogen-bond acceptors (Lipinski definition) is 2. The number of nitrogens with zero attached hydrogens (tertiary/aromatic N) is 1. The second-order valence-corrected chi connectivity index (χ2v) is 3.66. The summed E-state index contributed by atoms with van der Waals surface area (Å²) in [5, 5.41) is 2.05. The minimum Gasteiger partial charge on any atom is -0.285 e. The molecular formula is C14H8NO. The molecule has 3 rings (SSSR count). The van der Waals surface area contributed by atoms with Crippen molar-refractivity contribution in [2.45, 2.75) is 0 Å². The van der Waals surface area contributed by atoms with Gasteiger partial charge in [0.15, 0.2) is 0 Å². The van der Waals surface area contributed by atoms with Gasteiger partial charge in [0.05, 0.1) is 16.6 Å². The van der Waals surface area contributed by atoms with Crippen molar-refractivity contribution in [2.75, 3.05) is 0 Å². The number of benzene rings is 2. The molecule has 3 aromatic rings. The molecular weight excluding hydrogens is 198 g/mol. The van der Waals surface area contributed by atoms with Crippen LogP contribution in [0.2, 0.25) is 0 Å². The van der Waals surface area contributed by atoms with Crippen molar-refractivity contribution in [3.05, 3.63) is 54.1 Å². The van der Waals surface area contributed by atoms with Crippen LogP contribution in [-0.2, 0) is 4.79 Å². The minimum absolute atomic E-state index is 0.517. The SMILES string of the molecule is O=[C]c1cccc2cc3ccccc3nc12. The molecule has 0 fully saturated rings. The fraction of sp³-hybridized carbons (Fsp3) is 0. The van der Waals surface area contributed by atoms with Crippen molar-refractivity contribution in [2.24, 2.45) is 0 Å². The number of carbonyl (C=O) groups excluding carboxylic acids is 1. The van der Waals surface area contributed by atoms with Crippen LogP contribution in [0.5, 0.6) is 0 Å². The number of aromatic nitrogens is 1. The maximum atomic E-state index is 10.8. The molecule has 0 aliphatic heterocycles. The van der Waals surface area contributed by atoms with Gasteiger partial charge in [0.25, 0.3) is 0 Å². The molecule has 75 valence electrons. The summed E-state index contributed by atoms with van der Waals surface area (Å²) in [6.45, 7) is 0. The van der Waals surface area contributed by atoms with Gasteiger partial charge in [-0.05, 0) is 18.2 Å². The molecule has 1 radical (unpaired) electrons. The second kappa shape index (κ2) is 3.42. The Labute approximate surface area is 92.5 Å². The summed E-state index contributed by atoms with van der Waals surface area (Å²) in [5.41, 5.74) is 2.14. The van der Waals surface area contributed by atoms with Crippen LogP contribution in [0.1, 0.15) is 5.56 Å². The molecule has 0 N–H and O–H groups in total. The van der Waals surface area contributed by atoms with E-state index < -0.39 is 0 Å². The molecule has 0 atom stereocenters. The largest absolute Gasteiger partial charge is 0.285 e. The van der Waals surface area contributed by atoms with Crippen LogP contribution in [0.4, 0.5) is 0 Å². The first-order valence-corrected chi connectivity index (χ1v) is 5.05. The van der Waals surface area contributed by atoms with Crippen molar-refractivity contribution in [3.8, 4) is 0 Å². The van der Waals surface area contributed by atoms with Gasteiger partial charge in [-0.2, -0.15) is 0 Å². The molecule has 2 heteroatoms. The number of rotatable bonds is 1. The van der Waals surface area contributed by atoms with Crippen LogP contribution in [-0.4, -0.2) is 11.3 Å². The van der Waals surface area contributed by atoms with Crippen LogP contribution < -0.4 is 0 Å². The van der Waals surface area contributed by atoms with Gasteiger partial charge in [0.2, 0.25) is 6.29 Å². The van der Waals surface area contributed by atoms with Crippen molar-refractivity contribution in [3.63, 3.8) is 0 Å². The van der Waals surface area contributed by atoms with Gasteiger partial charge in [0, 0.05) is 10.8 Å². The van der Waals surface area contributed by atoms with E-state index in [2.05, 4.69) is 4.98 Å². The van der Waals surface area contributed by atoms with Gasteiger partial charge in [-0.3, -0.25) is 4.79 Å². The van der Waals surface area contributed by atoms with Gasteiger partial charge in [-0.25, -0.2) is 4.98 Å². The molecule has 0 spiro atoms. The molecule has 0 bridgehead atoms. The van der Waals surface area contributed by atoms with Crippen molar-refractivity contribution in [1.29, 1.82) is 0 Å². The van der Waals surface area contributed by atoms with Gasteiger partial charge in [0.1, 0.15) is 0 Å². The zero-order valence-electron chi connectivity index (χ0n) is 8.47. The topological polar surface area (TPSA) is 30.0 Å². The molecule has 2 aromatic carbocycles. The van der Waals surface area contributed by atoms with Crippen LogP contribution in [0, 0.1) is 0 Å². The highest BCUT2D eigenvalue weighted by atomic mass is 16.1. The number of para-hydroxylation sites is 2. The number of fused-ring (bicyclic) bond motifs is 2. The predicted molar refractivity (Wildman–Crippen MR) is 64.0 cm³/mol. The quantitative estimate of drug-likeness (QED) is 0.573. The van der Waals surface area contributed by atoms with Crippen LogP contribution >= 0.6 is 0 Å². The third kappa shape index (κ3) is 1.27. The van der Waals surface area contributed by atoms with Gasteiger partial charge in [-0.1, -0.05) is 30.3 Å². The summed E-state index contributed by atoms with van der Waals surface area (Å²) in [4.78, 5) is 15.3. The molecule has 0 aliphatic rings. The summed E-state index contributed by atoms with van der Waals surface area (Å²) >= 11 is 0. The van der Waals surface area contributed by atoms with E-state index in [0.29, 0.717) is 5.56 Å². The first-order chi connectivity index (χ1) is 7.88. The fourth-order valence-electron chi connectivity index (χ4n) is 1.88. The van der Waals surface area contributed by atoms with E-state index in [1.54, 1.807) is 6.07 Å². The Morgan fingerprint density at radius 3 is 2.62 bits per heavy atom. The summed E-state index contributed by atoms with van der Waals surface area (Å²) in [7, 11) is 0. The second-order valence-electron chi connectivity index (χ2n) is 3.66. The van der Waals surface area contributed by atoms with Crippen LogP contribution in [0.3, 0.4) is 0 Å². The molecule has 0 amide bonds. The maximum absolute atomic E-state index is 10.8. The molecule has 0 aliphatic carbocycles. The lowest BCUT2D eigenvalue weighted by Gasteiger charge is -2.02. The molecule has 2 nitrogen and oxygen atoms in total. The Kier molecular flexibility index (Phi) is 1.93. The van der Waals surface area contributed by atoms with E-state index in [0.717, 1.165) is 21.8 Å². The van der Waals surface area contributed by atoms with Crippen molar-refractivity contribution < 1.29 is 4.79 Å². The Bertz CT molecular complexity index is 688. The van der Waals surface area contributed by atoms with Gasteiger partial charge >= 0.3 is 0 Å². The highest BCUT2D eigenvalue weighted by Crippen LogP contribution is 2.21. The van der Waals surface area contributed by atoms with E-state index in [1.165, 1.54) is 0 Å². The Hall–Kier alpha value is -2.22. The highest BCUT2D eigenvalue weighted by Gasteiger charge is 2.03. The predicted octanol–water partition coefficient (Wildman–Crippen LogP) is 2.85. The normalized spacial score (nSPS) is 10.8. The summed E-state index contributed by atoms with van der Waals surface area (Å²) in [5.74, 6) is 0. The third-order valence-corrected chi connectivity index (χ3v) is 2.66. The smallest absolute Gasteiger partial charge is 0.235 e. The van der Waals surface area contributed by atoms with E-state index in [-0.39, 0.29) is 0 Å². The van der Waals surface area contributed by atoms with Crippen molar-refractivity contribution >= 4 is 28.1 Å². The van der Waals surface area contributed by atoms with Crippen molar-refractivity contribution in [1.82, 2.24) is 4.98 Å². The zero-order valence-corrected chi connectivity index (χ0v) is 8.47. The summed E-state index contributed by atoms with van der Waals surface area (Å²) in [6, 6.07) is 15.4. The third-order valence-electron chi connectivity index (χ3n) is 2.66. The van der Waals surface area contributed by atoms with Gasteiger partial charge in [-0.15, -0.1) is 0 Å². The Morgan fingerprint density at radius 1 is 0.938 bits per heavy atom. The Balaban J connectivity index is 2.51. The molecule has 0 unspecified atom stereocenters. The van der Waals surface area contributed by atoms with Gasteiger partial charge < -0.3 is 0 Å². The lowest BCUT2D eigenvalue weighted by atomic mass is 10.1. The molecule has 1 heterocycles. The summed E-state index contributed by atoms with van der Waals surface area (Å²) in [6.07, 6.45) is 1.92. The lowest BCUT2D eigenvalue weighted by molar-refractivity contribution is 0.563. The van der Waals surface area contributed by atoms with E-state index in [1.807, 2.05) is 48.8 Å². The molecule has 1 aromatic heterocycles. The Morgan fingerprint density at radius 2 is 1.75 bits per heavy atom. The van der Waals surface area contributed by atoms with E-state index >= 15 is 0 Å².